The summed E-state index contributed by atoms with van der Waals surface area (Å²) < 4.78 is 0. The molecule has 0 aromatic carbocycles. The lowest BCUT2D eigenvalue weighted by Gasteiger charge is -2.09. The number of nitrogens with two attached hydrogens (primary N) is 1. The molecule has 0 saturated carbocycles. The van der Waals surface area contributed by atoms with Crippen LogP contribution in [0.2, 0.25) is 0 Å². The highest BCUT2D eigenvalue weighted by Gasteiger charge is 2.11. The van der Waals surface area contributed by atoms with Gasteiger partial charge < -0.3 is 16.2 Å². The molecule has 1 aromatic rings. The molecule has 0 aliphatic rings. The second-order valence-electron chi connectivity index (χ2n) is 3.82. The van der Waals surface area contributed by atoms with Gasteiger partial charge in [0.2, 0.25) is 5.95 Å². The van der Waals surface area contributed by atoms with Gasteiger partial charge in [0.05, 0.1) is 6.42 Å². The number of aliphatic carboxylic acids is 1. The zero-order valence-electron chi connectivity index (χ0n) is 9.89. The van der Waals surface area contributed by atoms with Crippen LogP contribution in [0.25, 0.3) is 0 Å². The van der Waals surface area contributed by atoms with Crippen LogP contribution in [-0.2, 0) is 4.79 Å². The zero-order chi connectivity index (χ0) is 12.7. The molecule has 1 atom stereocenters. The summed E-state index contributed by atoms with van der Waals surface area (Å²) in [7, 11) is 0. The molecular weight excluding hydrogens is 220 g/mol. The molecule has 1 rings (SSSR count). The van der Waals surface area contributed by atoms with Gasteiger partial charge in [0, 0.05) is 30.5 Å². The Morgan fingerprint density at radius 3 is 2.71 bits per heavy atom. The molecule has 17 heavy (non-hydrogen) atoms. The minimum absolute atomic E-state index is 0.119. The van der Waals surface area contributed by atoms with E-state index >= 15 is 0 Å². The molecule has 0 fully saturated rings. The van der Waals surface area contributed by atoms with Crippen LogP contribution in [0.3, 0.4) is 0 Å². The van der Waals surface area contributed by atoms with Crippen LogP contribution in [0.15, 0.2) is 12.4 Å². The van der Waals surface area contributed by atoms with Crippen LogP contribution in [0, 0.1) is 0 Å². The van der Waals surface area contributed by atoms with Crippen molar-refractivity contribution in [1.29, 1.82) is 0 Å². The molecule has 1 aromatic heterocycles. The Morgan fingerprint density at radius 1 is 1.53 bits per heavy atom. The Kier molecular flexibility index (Phi) is 5.35. The lowest BCUT2D eigenvalue weighted by Crippen LogP contribution is -2.16. The Bertz CT molecular complexity index is 353. The fourth-order valence-electron chi connectivity index (χ4n) is 1.30. The summed E-state index contributed by atoms with van der Waals surface area (Å²) in [6, 6.07) is -0.558. The Balaban J connectivity index is 2.52. The normalized spacial score (nSPS) is 12.1. The summed E-state index contributed by atoms with van der Waals surface area (Å²) in [5.41, 5.74) is 6.32. The van der Waals surface area contributed by atoms with E-state index in [1.165, 1.54) is 0 Å². The first-order chi connectivity index (χ1) is 8.13. The predicted molar refractivity (Wildman–Crippen MR) is 64.6 cm³/mol. The van der Waals surface area contributed by atoms with Gasteiger partial charge in [-0.15, -0.1) is 0 Å². The summed E-state index contributed by atoms with van der Waals surface area (Å²) in [5.74, 6) is -0.382. The van der Waals surface area contributed by atoms with Gasteiger partial charge >= 0.3 is 5.97 Å². The second-order valence-corrected chi connectivity index (χ2v) is 3.82. The fourth-order valence-corrected chi connectivity index (χ4v) is 1.30. The van der Waals surface area contributed by atoms with Crippen molar-refractivity contribution in [3.05, 3.63) is 18.0 Å². The zero-order valence-corrected chi connectivity index (χ0v) is 9.89. The second kappa shape index (κ2) is 6.80. The number of carboxylic acids is 1. The van der Waals surface area contributed by atoms with E-state index in [-0.39, 0.29) is 6.42 Å². The summed E-state index contributed by atoms with van der Waals surface area (Å²) in [5, 5.41) is 11.7. The van der Waals surface area contributed by atoms with Gasteiger partial charge in [0.1, 0.15) is 0 Å². The molecule has 0 bridgehead atoms. The molecule has 1 unspecified atom stereocenters. The quantitative estimate of drug-likeness (QED) is 0.616. The van der Waals surface area contributed by atoms with Crippen molar-refractivity contribution in [3.63, 3.8) is 0 Å². The third kappa shape index (κ3) is 4.78. The predicted octanol–water partition coefficient (Wildman–Crippen LogP) is 1.16. The van der Waals surface area contributed by atoms with Crippen LogP contribution in [0.1, 0.15) is 37.8 Å². The Hall–Kier alpha value is -1.69. The average molecular weight is 238 g/mol. The first-order valence-corrected chi connectivity index (χ1v) is 5.66. The van der Waals surface area contributed by atoms with Crippen molar-refractivity contribution in [2.75, 3.05) is 11.9 Å². The molecule has 6 heteroatoms. The van der Waals surface area contributed by atoms with Crippen molar-refractivity contribution < 1.29 is 9.90 Å². The Labute approximate surface area is 100 Å². The summed E-state index contributed by atoms with van der Waals surface area (Å²) in [6.45, 7) is 2.94. The molecular formula is C11H18N4O2. The first kappa shape index (κ1) is 13.4. The van der Waals surface area contributed by atoms with Gasteiger partial charge in [-0.1, -0.05) is 13.3 Å². The highest BCUT2D eigenvalue weighted by molar-refractivity contribution is 5.67. The van der Waals surface area contributed by atoms with Crippen molar-refractivity contribution >= 4 is 11.9 Å². The Morgan fingerprint density at radius 2 is 2.18 bits per heavy atom. The van der Waals surface area contributed by atoms with Gasteiger partial charge in [-0.25, -0.2) is 9.97 Å². The van der Waals surface area contributed by atoms with Gasteiger partial charge in [0.25, 0.3) is 0 Å². The number of nitrogens with one attached hydrogen (secondary N) is 1. The van der Waals surface area contributed by atoms with Crippen molar-refractivity contribution in [2.45, 2.75) is 32.2 Å². The minimum atomic E-state index is -0.928. The van der Waals surface area contributed by atoms with Gasteiger partial charge in [0.15, 0.2) is 0 Å². The van der Waals surface area contributed by atoms with Gasteiger partial charge in [-0.2, -0.15) is 0 Å². The maximum Gasteiger partial charge on any atom is 0.305 e. The largest absolute Gasteiger partial charge is 0.481 e. The minimum Gasteiger partial charge on any atom is -0.481 e. The molecule has 0 aliphatic carbocycles. The van der Waals surface area contributed by atoms with Gasteiger partial charge in [-0.3, -0.25) is 4.79 Å². The van der Waals surface area contributed by atoms with E-state index in [1.54, 1.807) is 12.4 Å². The van der Waals surface area contributed by atoms with Crippen LogP contribution >= 0.6 is 0 Å². The first-order valence-electron chi connectivity index (χ1n) is 5.66. The number of carboxylic acid groups (broad SMARTS) is 1. The van der Waals surface area contributed by atoms with E-state index in [4.69, 9.17) is 10.8 Å². The molecule has 0 saturated heterocycles. The summed E-state index contributed by atoms with van der Waals surface area (Å²) in [4.78, 5) is 18.7. The van der Waals surface area contributed by atoms with Crippen LogP contribution in [0.4, 0.5) is 5.95 Å². The van der Waals surface area contributed by atoms with E-state index in [9.17, 15) is 4.79 Å². The molecule has 94 valence electrons. The van der Waals surface area contributed by atoms with Crippen LogP contribution in [-0.4, -0.2) is 27.6 Å². The molecule has 6 nitrogen and oxygen atoms in total. The highest BCUT2D eigenvalue weighted by atomic mass is 16.4. The average Bonchev–Trinajstić information content (AvgIpc) is 2.29. The summed E-state index contributed by atoms with van der Waals surface area (Å²) in [6.07, 6.45) is 5.17. The topological polar surface area (TPSA) is 101 Å². The van der Waals surface area contributed by atoms with Crippen LogP contribution < -0.4 is 11.1 Å². The molecule has 0 spiro atoms. The number of nitrogens with zero attached hydrogens (tertiary/aromatic N) is 2. The van der Waals surface area contributed by atoms with Crippen molar-refractivity contribution in [1.82, 2.24) is 9.97 Å². The highest BCUT2D eigenvalue weighted by Crippen LogP contribution is 2.12. The third-order valence-electron chi connectivity index (χ3n) is 2.31. The van der Waals surface area contributed by atoms with E-state index in [0.29, 0.717) is 11.5 Å². The van der Waals surface area contributed by atoms with Gasteiger partial charge in [-0.05, 0) is 6.42 Å². The fraction of sp³-hybridized carbons (Fsp3) is 0.545. The lowest BCUT2D eigenvalue weighted by molar-refractivity contribution is -0.137. The number of anilines is 1. The monoisotopic (exact) mass is 238 g/mol. The molecule has 4 N–H and O–H groups in total. The molecule has 0 radical (unpaired) electrons. The number of unbranched alkanes of at least 4 members (excludes halogenated alkanes) is 1. The third-order valence-corrected chi connectivity index (χ3v) is 2.31. The van der Waals surface area contributed by atoms with E-state index < -0.39 is 12.0 Å². The SMILES string of the molecule is CCCCNc1ncc(C(N)CC(=O)O)cn1. The maximum absolute atomic E-state index is 10.5. The van der Waals surface area contributed by atoms with E-state index in [2.05, 4.69) is 22.2 Å². The summed E-state index contributed by atoms with van der Waals surface area (Å²) >= 11 is 0. The maximum atomic E-state index is 10.5. The number of hydrogen-bond donors (Lipinski definition) is 3. The smallest absolute Gasteiger partial charge is 0.305 e. The van der Waals surface area contributed by atoms with Crippen molar-refractivity contribution in [2.24, 2.45) is 5.73 Å². The molecule has 0 amide bonds. The van der Waals surface area contributed by atoms with E-state index in [1.807, 2.05) is 0 Å². The molecule has 1 heterocycles. The number of aromatic nitrogens is 2. The number of rotatable bonds is 7. The lowest BCUT2D eigenvalue weighted by atomic mass is 10.1. The molecule has 0 aliphatic heterocycles. The van der Waals surface area contributed by atoms with Crippen LogP contribution in [0.5, 0.6) is 0 Å². The van der Waals surface area contributed by atoms with E-state index in [0.717, 1.165) is 19.4 Å². The van der Waals surface area contributed by atoms with Crippen molar-refractivity contribution in [3.8, 4) is 0 Å². The number of hydrogen-bond acceptors (Lipinski definition) is 5. The number of carbonyl (C=O) groups is 1. The standard InChI is InChI=1S/C11H18N4O2/c1-2-3-4-13-11-14-6-8(7-15-11)9(12)5-10(16)17/h6-7,9H,2-5,12H2,1H3,(H,16,17)(H,13,14,15).